The number of hydrogen-bond donors (Lipinski definition) is 1. The number of nitrogens with zero attached hydrogens (tertiary/aromatic N) is 4. The molecular weight excluding hydrogens is 290 g/mol. The van der Waals surface area contributed by atoms with Crippen molar-refractivity contribution in [2.24, 2.45) is 7.05 Å². The minimum absolute atomic E-state index is 0.0698. The Morgan fingerprint density at radius 2 is 2.33 bits per heavy atom. The molecule has 1 N–H and O–H groups in total. The lowest BCUT2D eigenvalue weighted by Crippen LogP contribution is -2.38. The summed E-state index contributed by atoms with van der Waals surface area (Å²) in [6.07, 6.45) is 2.65. The number of aromatic nitrogens is 3. The average Bonchev–Trinajstić information content (AvgIpc) is 3.12. The minimum Gasteiger partial charge on any atom is -0.346 e. The molecule has 1 amide bonds. The largest absolute Gasteiger partial charge is 0.346 e. The Morgan fingerprint density at radius 3 is 3.05 bits per heavy atom. The van der Waals surface area contributed by atoms with Crippen molar-refractivity contribution in [3.05, 3.63) is 39.8 Å². The van der Waals surface area contributed by atoms with Crippen molar-refractivity contribution < 1.29 is 4.79 Å². The standard InChI is InChI=1S/C13H15N5O2S/c1-17-11(19)3-2-10(16-17)12(20)15-9-4-6-18(8-9)13-14-5-7-21-13/h2-3,5,7,9H,4,6,8H2,1H3,(H,15,20). The molecule has 3 heterocycles. The van der Waals surface area contributed by atoms with E-state index in [1.807, 2.05) is 5.38 Å². The van der Waals surface area contributed by atoms with Gasteiger partial charge in [0.1, 0.15) is 5.69 Å². The second-order valence-electron chi connectivity index (χ2n) is 4.90. The van der Waals surface area contributed by atoms with Crippen molar-refractivity contribution in [2.45, 2.75) is 12.5 Å². The van der Waals surface area contributed by atoms with Gasteiger partial charge in [-0.25, -0.2) is 9.67 Å². The molecule has 1 aliphatic heterocycles. The van der Waals surface area contributed by atoms with Crippen LogP contribution in [0.5, 0.6) is 0 Å². The highest BCUT2D eigenvalue weighted by Gasteiger charge is 2.26. The fraction of sp³-hybridized carbons (Fsp3) is 0.385. The molecule has 7 nitrogen and oxygen atoms in total. The van der Waals surface area contributed by atoms with Gasteiger partial charge in [-0.05, 0) is 12.5 Å². The highest BCUT2D eigenvalue weighted by atomic mass is 32.1. The predicted octanol–water partition coefficient (Wildman–Crippen LogP) is 0.245. The van der Waals surface area contributed by atoms with Crippen molar-refractivity contribution in [3.63, 3.8) is 0 Å². The zero-order valence-electron chi connectivity index (χ0n) is 11.5. The Kier molecular flexibility index (Phi) is 3.70. The van der Waals surface area contributed by atoms with E-state index in [-0.39, 0.29) is 23.2 Å². The summed E-state index contributed by atoms with van der Waals surface area (Å²) in [4.78, 5) is 29.8. The number of carbonyl (C=O) groups excluding carboxylic acids is 1. The molecule has 2 aromatic heterocycles. The Hall–Kier alpha value is -2.22. The van der Waals surface area contributed by atoms with E-state index in [1.54, 1.807) is 17.5 Å². The van der Waals surface area contributed by atoms with Crippen LogP contribution in [0.4, 0.5) is 5.13 Å². The molecule has 0 saturated carbocycles. The van der Waals surface area contributed by atoms with Crippen LogP contribution in [-0.4, -0.2) is 39.8 Å². The quantitative estimate of drug-likeness (QED) is 0.879. The van der Waals surface area contributed by atoms with E-state index < -0.39 is 0 Å². The van der Waals surface area contributed by atoms with E-state index in [2.05, 4.69) is 20.3 Å². The number of anilines is 1. The van der Waals surface area contributed by atoms with E-state index in [4.69, 9.17) is 0 Å². The van der Waals surface area contributed by atoms with Gasteiger partial charge in [0.05, 0.1) is 0 Å². The third-order valence-electron chi connectivity index (χ3n) is 3.41. The first kappa shape index (κ1) is 13.7. The lowest BCUT2D eigenvalue weighted by molar-refractivity contribution is 0.0933. The SMILES string of the molecule is Cn1nc(C(=O)NC2CCN(c3nccs3)C2)ccc1=O. The summed E-state index contributed by atoms with van der Waals surface area (Å²) in [6, 6.07) is 2.87. The molecule has 1 atom stereocenters. The second-order valence-corrected chi connectivity index (χ2v) is 5.77. The van der Waals surface area contributed by atoms with E-state index in [0.29, 0.717) is 0 Å². The van der Waals surface area contributed by atoms with Crippen LogP contribution in [0.3, 0.4) is 0 Å². The first-order valence-corrected chi connectivity index (χ1v) is 7.51. The third-order valence-corrected chi connectivity index (χ3v) is 4.24. The van der Waals surface area contributed by atoms with Gasteiger partial charge in [-0.15, -0.1) is 11.3 Å². The van der Waals surface area contributed by atoms with Gasteiger partial charge in [0.2, 0.25) is 0 Å². The summed E-state index contributed by atoms with van der Waals surface area (Å²) < 4.78 is 1.16. The summed E-state index contributed by atoms with van der Waals surface area (Å²) in [5, 5.41) is 9.82. The van der Waals surface area contributed by atoms with Gasteiger partial charge in [-0.1, -0.05) is 0 Å². The molecule has 0 spiro atoms. The van der Waals surface area contributed by atoms with Gasteiger partial charge in [-0.2, -0.15) is 5.10 Å². The first-order valence-electron chi connectivity index (χ1n) is 6.63. The highest BCUT2D eigenvalue weighted by Crippen LogP contribution is 2.22. The molecule has 1 saturated heterocycles. The molecule has 8 heteroatoms. The number of aryl methyl sites for hydroxylation is 1. The molecule has 0 bridgehead atoms. The van der Waals surface area contributed by atoms with E-state index >= 15 is 0 Å². The summed E-state index contributed by atoms with van der Waals surface area (Å²) >= 11 is 1.59. The Bertz CT molecular complexity index is 697. The van der Waals surface area contributed by atoms with Crippen LogP contribution in [0.1, 0.15) is 16.9 Å². The lowest BCUT2D eigenvalue weighted by atomic mass is 10.2. The van der Waals surface area contributed by atoms with Crippen LogP contribution in [0.2, 0.25) is 0 Å². The monoisotopic (exact) mass is 305 g/mol. The van der Waals surface area contributed by atoms with E-state index in [0.717, 1.165) is 29.3 Å². The second kappa shape index (κ2) is 5.65. The summed E-state index contributed by atoms with van der Waals surface area (Å²) in [6.45, 7) is 1.62. The van der Waals surface area contributed by atoms with E-state index in [9.17, 15) is 9.59 Å². The molecule has 0 aromatic carbocycles. The van der Waals surface area contributed by atoms with Crippen LogP contribution in [0.25, 0.3) is 0 Å². The number of thiazole rings is 1. The fourth-order valence-corrected chi connectivity index (χ4v) is 2.99. The van der Waals surface area contributed by atoms with E-state index in [1.165, 1.54) is 19.2 Å². The van der Waals surface area contributed by atoms with Crippen LogP contribution in [0.15, 0.2) is 28.5 Å². The zero-order valence-corrected chi connectivity index (χ0v) is 12.3. The molecule has 0 radical (unpaired) electrons. The Labute approximate surface area is 125 Å². The Morgan fingerprint density at radius 1 is 1.48 bits per heavy atom. The summed E-state index contributed by atoms with van der Waals surface area (Å²) in [7, 11) is 1.53. The van der Waals surface area contributed by atoms with Gasteiger partial charge in [0.15, 0.2) is 5.13 Å². The number of hydrogen-bond acceptors (Lipinski definition) is 6. The average molecular weight is 305 g/mol. The lowest BCUT2D eigenvalue weighted by Gasteiger charge is -2.15. The van der Waals surface area contributed by atoms with Crippen LogP contribution >= 0.6 is 11.3 Å². The molecule has 0 aliphatic carbocycles. The maximum Gasteiger partial charge on any atom is 0.272 e. The van der Waals surface area contributed by atoms with Gasteiger partial charge in [0, 0.05) is 43.8 Å². The molecule has 1 aliphatic rings. The molecular formula is C13H15N5O2S. The maximum atomic E-state index is 12.1. The minimum atomic E-state index is -0.253. The zero-order chi connectivity index (χ0) is 14.8. The molecule has 1 unspecified atom stereocenters. The predicted molar refractivity (Wildman–Crippen MR) is 79.7 cm³/mol. The summed E-state index contributed by atoms with van der Waals surface area (Å²) in [5.74, 6) is -0.253. The molecule has 3 rings (SSSR count). The number of amides is 1. The van der Waals surface area contributed by atoms with Crippen molar-refractivity contribution in [1.29, 1.82) is 0 Å². The normalized spacial score (nSPS) is 18.0. The van der Waals surface area contributed by atoms with Crippen LogP contribution < -0.4 is 15.8 Å². The molecule has 1 fully saturated rings. The van der Waals surface area contributed by atoms with Gasteiger partial charge >= 0.3 is 0 Å². The third kappa shape index (κ3) is 2.94. The number of nitrogens with one attached hydrogen (secondary N) is 1. The molecule has 21 heavy (non-hydrogen) atoms. The smallest absolute Gasteiger partial charge is 0.272 e. The fourth-order valence-electron chi connectivity index (χ4n) is 2.31. The summed E-state index contributed by atoms with van der Waals surface area (Å²) in [5.41, 5.74) is 0.0205. The van der Waals surface area contributed by atoms with Gasteiger partial charge < -0.3 is 10.2 Å². The topological polar surface area (TPSA) is 80.1 Å². The van der Waals surface area contributed by atoms with Crippen molar-refractivity contribution in [2.75, 3.05) is 18.0 Å². The Balaban J connectivity index is 1.63. The van der Waals surface area contributed by atoms with Crippen molar-refractivity contribution in [1.82, 2.24) is 20.1 Å². The molecule has 2 aromatic rings. The molecule has 110 valence electrons. The van der Waals surface area contributed by atoms with Gasteiger partial charge in [0.25, 0.3) is 11.5 Å². The van der Waals surface area contributed by atoms with Crippen LogP contribution in [-0.2, 0) is 7.05 Å². The van der Waals surface area contributed by atoms with Gasteiger partial charge in [-0.3, -0.25) is 9.59 Å². The van der Waals surface area contributed by atoms with Crippen molar-refractivity contribution >= 4 is 22.4 Å². The highest BCUT2D eigenvalue weighted by molar-refractivity contribution is 7.13. The number of carbonyl (C=O) groups is 1. The first-order chi connectivity index (χ1) is 10.1. The van der Waals surface area contributed by atoms with Crippen molar-refractivity contribution in [3.8, 4) is 0 Å². The maximum absolute atomic E-state index is 12.1. The number of rotatable bonds is 3. The van der Waals surface area contributed by atoms with Crippen LogP contribution in [0, 0.1) is 0 Å².